The minimum absolute atomic E-state index is 0.246. The van der Waals surface area contributed by atoms with Crippen LogP contribution in [0.5, 0.6) is 0 Å². The molecule has 0 spiro atoms. The van der Waals surface area contributed by atoms with Crippen LogP contribution in [0.1, 0.15) is 26.4 Å². The number of thiazole rings is 1. The molecule has 0 aliphatic carbocycles. The number of carbonyl (C=O) groups is 2. The zero-order valence-corrected chi connectivity index (χ0v) is 19.9. The number of nitrogens with one attached hydrogen (secondary N) is 2. The molecule has 0 unspecified atom stereocenters. The first-order valence-corrected chi connectivity index (χ1v) is 12.1. The van der Waals surface area contributed by atoms with E-state index < -0.39 is 11.8 Å². The molecule has 2 aromatic heterocycles. The van der Waals surface area contributed by atoms with Crippen molar-refractivity contribution in [2.24, 2.45) is 0 Å². The third kappa shape index (κ3) is 5.08. The van der Waals surface area contributed by atoms with Gasteiger partial charge in [-0.1, -0.05) is 42.0 Å². The number of hydrazine groups is 1. The lowest BCUT2D eigenvalue weighted by Crippen LogP contribution is -2.42. The summed E-state index contributed by atoms with van der Waals surface area (Å²) in [4.78, 5) is 32.3. The number of rotatable bonds is 5. The molecule has 1 saturated heterocycles. The number of ether oxygens (including phenoxy) is 1. The van der Waals surface area contributed by atoms with Crippen molar-refractivity contribution < 1.29 is 14.3 Å². The fourth-order valence-electron chi connectivity index (χ4n) is 3.77. The summed E-state index contributed by atoms with van der Waals surface area (Å²) in [6.45, 7) is 4.72. The molecule has 2 amide bonds. The standard InChI is InChI=1S/C25H24N6O3S/c1-17-6-5-7-18(14-17)22-20(15-31(29-22)19-8-3-2-4-9-19)23(32)27-28-24(33)21-16-35-25(26-21)30-10-12-34-13-11-30/h2-9,14-16H,10-13H2,1H3,(H,27,32)(H,28,33). The third-order valence-electron chi connectivity index (χ3n) is 5.57. The maximum absolute atomic E-state index is 13.1. The number of anilines is 1. The molecule has 9 nitrogen and oxygen atoms in total. The van der Waals surface area contributed by atoms with Crippen molar-refractivity contribution in [2.45, 2.75) is 6.92 Å². The second-order valence-electron chi connectivity index (χ2n) is 8.06. The Kier molecular flexibility index (Phi) is 6.55. The molecule has 0 radical (unpaired) electrons. The molecule has 5 rings (SSSR count). The number of aromatic nitrogens is 3. The Hall–Kier alpha value is -4.02. The van der Waals surface area contributed by atoms with Crippen LogP contribution >= 0.6 is 11.3 Å². The third-order valence-corrected chi connectivity index (χ3v) is 6.47. The zero-order chi connectivity index (χ0) is 24.2. The van der Waals surface area contributed by atoms with E-state index in [1.54, 1.807) is 16.3 Å². The van der Waals surface area contributed by atoms with E-state index in [-0.39, 0.29) is 5.69 Å². The minimum Gasteiger partial charge on any atom is -0.378 e. The van der Waals surface area contributed by atoms with Crippen molar-refractivity contribution in [3.63, 3.8) is 0 Å². The number of amides is 2. The lowest BCUT2D eigenvalue weighted by molar-refractivity contribution is 0.0844. The molecule has 178 valence electrons. The van der Waals surface area contributed by atoms with E-state index in [1.165, 1.54) is 11.3 Å². The van der Waals surface area contributed by atoms with E-state index in [1.807, 2.05) is 61.5 Å². The van der Waals surface area contributed by atoms with Gasteiger partial charge in [0.05, 0.1) is 24.5 Å². The fourth-order valence-corrected chi connectivity index (χ4v) is 4.63. The van der Waals surface area contributed by atoms with Crippen LogP contribution < -0.4 is 15.8 Å². The highest BCUT2D eigenvalue weighted by molar-refractivity contribution is 7.13. The molecule has 1 aliphatic rings. The number of hydrogen-bond acceptors (Lipinski definition) is 7. The summed E-state index contributed by atoms with van der Waals surface area (Å²) in [6, 6.07) is 17.3. The first-order chi connectivity index (χ1) is 17.1. The quantitative estimate of drug-likeness (QED) is 0.419. The monoisotopic (exact) mass is 488 g/mol. The molecule has 10 heteroatoms. The van der Waals surface area contributed by atoms with Gasteiger partial charge in [-0.05, 0) is 25.1 Å². The SMILES string of the molecule is Cc1cccc(-c2nn(-c3ccccc3)cc2C(=O)NNC(=O)c2csc(N3CCOCC3)n2)c1. The molecule has 4 aromatic rings. The molecule has 0 saturated carbocycles. The number of para-hydroxylation sites is 1. The molecule has 0 atom stereocenters. The lowest BCUT2D eigenvalue weighted by atomic mass is 10.1. The summed E-state index contributed by atoms with van der Waals surface area (Å²) in [6.07, 6.45) is 1.66. The van der Waals surface area contributed by atoms with Crippen LogP contribution in [0, 0.1) is 6.92 Å². The normalized spacial score (nSPS) is 13.5. The van der Waals surface area contributed by atoms with Gasteiger partial charge in [-0.25, -0.2) is 9.67 Å². The Morgan fingerprint density at radius 2 is 1.77 bits per heavy atom. The van der Waals surface area contributed by atoms with Crippen molar-refractivity contribution in [2.75, 3.05) is 31.2 Å². The van der Waals surface area contributed by atoms with Gasteiger partial charge in [-0.2, -0.15) is 5.10 Å². The Morgan fingerprint density at radius 1 is 1.00 bits per heavy atom. The molecule has 35 heavy (non-hydrogen) atoms. The van der Waals surface area contributed by atoms with Crippen molar-refractivity contribution in [3.8, 4) is 16.9 Å². The highest BCUT2D eigenvalue weighted by atomic mass is 32.1. The molecular weight excluding hydrogens is 464 g/mol. The predicted octanol–water partition coefficient (Wildman–Crippen LogP) is 3.22. The first kappa shape index (κ1) is 22.8. The Labute approximate surface area is 206 Å². The van der Waals surface area contributed by atoms with Crippen LogP contribution in [-0.2, 0) is 4.74 Å². The van der Waals surface area contributed by atoms with Crippen LogP contribution in [0.25, 0.3) is 16.9 Å². The van der Waals surface area contributed by atoms with Gasteiger partial charge < -0.3 is 9.64 Å². The molecule has 1 fully saturated rings. The van der Waals surface area contributed by atoms with Crippen molar-refractivity contribution in [1.82, 2.24) is 25.6 Å². The Morgan fingerprint density at radius 3 is 2.54 bits per heavy atom. The van der Waals surface area contributed by atoms with Crippen molar-refractivity contribution in [1.29, 1.82) is 0 Å². The van der Waals surface area contributed by atoms with E-state index in [9.17, 15) is 9.59 Å². The van der Waals surface area contributed by atoms with E-state index in [0.29, 0.717) is 24.5 Å². The molecule has 2 aromatic carbocycles. The van der Waals surface area contributed by atoms with E-state index in [2.05, 4.69) is 25.8 Å². The van der Waals surface area contributed by atoms with Gasteiger partial charge >= 0.3 is 0 Å². The van der Waals surface area contributed by atoms with Gasteiger partial charge in [0.1, 0.15) is 11.4 Å². The first-order valence-electron chi connectivity index (χ1n) is 11.2. The minimum atomic E-state index is -0.485. The summed E-state index contributed by atoms with van der Waals surface area (Å²) in [7, 11) is 0. The van der Waals surface area contributed by atoms with Gasteiger partial charge in [0.25, 0.3) is 11.8 Å². The molecule has 1 aliphatic heterocycles. The van der Waals surface area contributed by atoms with Crippen molar-refractivity contribution >= 4 is 28.3 Å². The predicted molar refractivity (Wildman–Crippen MR) is 134 cm³/mol. The van der Waals surface area contributed by atoms with Crippen molar-refractivity contribution in [3.05, 3.63) is 83.0 Å². The van der Waals surface area contributed by atoms with Gasteiger partial charge in [0, 0.05) is 30.2 Å². The molecular formula is C25H24N6O3S. The Balaban J connectivity index is 1.34. The summed E-state index contributed by atoms with van der Waals surface area (Å²) < 4.78 is 7.02. The van der Waals surface area contributed by atoms with Gasteiger partial charge in [0.2, 0.25) is 0 Å². The molecule has 0 bridgehead atoms. The topological polar surface area (TPSA) is 101 Å². The number of carbonyl (C=O) groups excluding carboxylic acids is 2. The summed E-state index contributed by atoms with van der Waals surface area (Å²) in [5.41, 5.74) is 8.78. The lowest BCUT2D eigenvalue weighted by Gasteiger charge is -2.25. The summed E-state index contributed by atoms with van der Waals surface area (Å²) in [5, 5.41) is 7.11. The second kappa shape index (κ2) is 10.1. The average molecular weight is 489 g/mol. The maximum Gasteiger partial charge on any atom is 0.289 e. The van der Waals surface area contributed by atoms with Gasteiger partial charge in [-0.3, -0.25) is 20.4 Å². The second-order valence-corrected chi connectivity index (χ2v) is 8.90. The van der Waals surface area contributed by atoms with Crippen LogP contribution in [0.4, 0.5) is 5.13 Å². The fraction of sp³-hybridized carbons (Fsp3) is 0.200. The number of hydrogen-bond donors (Lipinski definition) is 2. The van der Waals surface area contributed by atoms with Crippen LogP contribution in [0.15, 0.2) is 66.2 Å². The number of benzene rings is 2. The average Bonchev–Trinajstić information content (AvgIpc) is 3.57. The highest BCUT2D eigenvalue weighted by Crippen LogP contribution is 2.25. The molecule has 2 N–H and O–H groups in total. The van der Waals surface area contributed by atoms with Gasteiger partial charge in [0.15, 0.2) is 5.13 Å². The van der Waals surface area contributed by atoms with E-state index in [4.69, 9.17) is 4.74 Å². The van der Waals surface area contributed by atoms with Crippen LogP contribution in [0.2, 0.25) is 0 Å². The van der Waals surface area contributed by atoms with E-state index >= 15 is 0 Å². The highest BCUT2D eigenvalue weighted by Gasteiger charge is 2.21. The number of aryl methyl sites for hydroxylation is 1. The number of morpholine rings is 1. The molecule has 3 heterocycles. The summed E-state index contributed by atoms with van der Waals surface area (Å²) >= 11 is 1.39. The smallest absolute Gasteiger partial charge is 0.289 e. The van der Waals surface area contributed by atoms with E-state index in [0.717, 1.165) is 35.0 Å². The zero-order valence-electron chi connectivity index (χ0n) is 19.1. The van der Waals surface area contributed by atoms with Crippen LogP contribution in [0.3, 0.4) is 0 Å². The maximum atomic E-state index is 13.1. The van der Waals surface area contributed by atoms with Crippen LogP contribution in [-0.4, -0.2) is 52.9 Å². The Bertz CT molecular complexity index is 1340. The largest absolute Gasteiger partial charge is 0.378 e. The number of nitrogens with zero attached hydrogens (tertiary/aromatic N) is 4. The summed E-state index contributed by atoms with van der Waals surface area (Å²) in [5.74, 6) is -0.956. The van der Waals surface area contributed by atoms with Gasteiger partial charge in [-0.15, -0.1) is 11.3 Å².